The quantitative estimate of drug-likeness (QED) is 0.274. The van der Waals surface area contributed by atoms with E-state index in [9.17, 15) is 9.59 Å². The first-order chi connectivity index (χ1) is 16.4. The molecule has 0 amide bonds. The average Bonchev–Trinajstić information content (AvgIpc) is 3.33. The van der Waals surface area contributed by atoms with Crippen LogP contribution in [0, 0.1) is 5.82 Å². The highest BCUT2D eigenvalue weighted by atomic mass is 35.5. The van der Waals surface area contributed by atoms with Gasteiger partial charge in [-0.1, -0.05) is 72.9 Å². The number of nitrogens with zero attached hydrogens (tertiary/aromatic N) is 2. The lowest BCUT2D eigenvalue weighted by atomic mass is 9.88. The van der Waals surface area contributed by atoms with Gasteiger partial charge < -0.3 is 9.63 Å². The molecule has 2 aromatic heterocycles. The topological polar surface area (TPSA) is 85.3 Å². The summed E-state index contributed by atoms with van der Waals surface area (Å²) in [6.45, 7) is 5.51. The molecule has 2 aromatic carbocycles. The fraction of sp³-hybridized carbons (Fsp3) is 0.160. The minimum Gasteiger partial charge on any atom is -0.478 e. The fourth-order valence-corrected chi connectivity index (χ4v) is 4.79. The Hall–Kier alpha value is -3.13. The van der Waals surface area contributed by atoms with Crippen LogP contribution in [0.2, 0.25) is 15.1 Å². The maximum absolute atomic E-state index is 15.1. The fourth-order valence-electron chi connectivity index (χ4n) is 3.79. The molecule has 0 saturated heterocycles. The maximum Gasteiger partial charge on any atom is 0.328 e. The SMILES string of the molecule is CC(C)(C)c1onc(-c2c(Cl)cc(Cl)cc2Cl)c1C(=O)n1cc(F)c2c(/C=C/C(=O)O)cccc21. The van der Waals surface area contributed by atoms with Gasteiger partial charge in [-0.2, -0.15) is 0 Å². The van der Waals surface area contributed by atoms with E-state index >= 15 is 4.39 Å². The number of aliphatic carboxylic acids is 1. The summed E-state index contributed by atoms with van der Waals surface area (Å²) in [4.78, 5) is 24.9. The third-order valence-electron chi connectivity index (χ3n) is 5.27. The number of carboxylic acid groups (broad SMARTS) is 1. The number of rotatable bonds is 4. The molecule has 35 heavy (non-hydrogen) atoms. The van der Waals surface area contributed by atoms with Crippen molar-refractivity contribution in [2.45, 2.75) is 26.2 Å². The van der Waals surface area contributed by atoms with Crippen molar-refractivity contribution in [2.75, 3.05) is 0 Å². The van der Waals surface area contributed by atoms with E-state index in [2.05, 4.69) is 5.16 Å². The first kappa shape index (κ1) is 25.0. The van der Waals surface area contributed by atoms with Crippen molar-refractivity contribution in [1.82, 2.24) is 9.72 Å². The van der Waals surface area contributed by atoms with Crippen molar-refractivity contribution in [3.8, 4) is 11.3 Å². The van der Waals surface area contributed by atoms with Gasteiger partial charge in [-0.25, -0.2) is 9.18 Å². The summed E-state index contributed by atoms with van der Waals surface area (Å²) >= 11 is 18.9. The van der Waals surface area contributed by atoms with Gasteiger partial charge in [0.25, 0.3) is 5.91 Å². The van der Waals surface area contributed by atoms with Gasteiger partial charge in [-0.15, -0.1) is 0 Å². The van der Waals surface area contributed by atoms with E-state index in [-0.39, 0.29) is 43.5 Å². The Bertz CT molecular complexity index is 1510. The summed E-state index contributed by atoms with van der Waals surface area (Å²) in [5, 5.41) is 13.8. The zero-order valence-electron chi connectivity index (χ0n) is 18.7. The van der Waals surface area contributed by atoms with Gasteiger partial charge in [0.1, 0.15) is 17.1 Å². The van der Waals surface area contributed by atoms with E-state index in [1.165, 1.54) is 18.2 Å². The molecule has 0 spiro atoms. The van der Waals surface area contributed by atoms with Crippen LogP contribution in [0.5, 0.6) is 0 Å². The van der Waals surface area contributed by atoms with Crippen LogP contribution in [0.15, 0.2) is 47.1 Å². The molecule has 10 heteroatoms. The van der Waals surface area contributed by atoms with E-state index < -0.39 is 23.1 Å². The van der Waals surface area contributed by atoms with Crippen molar-refractivity contribution in [2.24, 2.45) is 0 Å². The average molecular weight is 536 g/mol. The Morgan fingerprint density at radius 3 is 2.40 bits per heavy atom. The molecule has 0 fully saturated rings. The zero-order valence-corrected chi connectivity index (χ0v) is 21.0. The van der Waals surface area contributed by atoms with Crippen LogP contribution in [-0.2, 0) is 10.2 Å². The van der Waals surface area contributed by atoms with Gasteiger partial charge in [0.2, 0.25) is 0 Å². The lowest BCUT2D eigenvalue weighted by molar-refractivity contribution is -0.131. The minimum absolute atomic E-state index is 0.0620. The second-order valence-electron chi connectivity index (χ2n) is 8.79. The van der Waals surface area contributed by atoms with E-state index in [0.29, 0.717) is 10.6 Å². The molecule has 4 aromatic rings. The standard InChI is InChI=1S/C25H18Cl3FN2O4/c1-25(2,3)23-21(22(30-35-23)20-14(27)9-13(26)10-15(20)28)24(34)31-11-16(29)19-12(7-8-18(32)33)5-4-6-17(19)31/h4-11H,1-3H3,(H,32,33)/b8-7+. The summed E-state index contributed by atoms with van der Waals surface area (Å²) in [6.07, 6.45) is 3.20. The number of hydrogen-bond donors (Lipinski definition) is 1. The summed E-state index contributed by atoms with van der Waals surface area (Å²) in [5.41, 5.74) is 0.295. The smallest absolute Gasteiger partial charge is 0.328 e. The summed E-state index contributed by atoms with van der Waals surface area (Å²) in [7, 11) is 0. The monoisotopic (exact) mass is 534 g/mol. The van der Waals surface area contributed by atoms with Crippen LogP contribution in [0.4, 0.5) is 4.39 Å². The molecule has 6 nitrogen and oxygen atoms in total. The second-order valence-corrected chi connectivity index (χ2v) is 10.0. The Balaban J connectivity index is 1.98. The molecule has 0 aliphatic carbocycles. The molecular weight excluding hydrogens is 518 g/mol. The van der Waals surface area contributed by atoms with Crippen LogP contribution in [-0.4, -0.2) is 26.7 Å². The number of aromatic nitrogens is 2. The first-order valence-electron chi connectivity index (χ1n) is 10.3. The minimum atomic E-state index is -1.18. The molecular formula is C25H18Cl3FN2O4. The number of carbonyl (C=O) groups excluding carboxylic acids is 1. The van der Waals surface area contributed by atoms with E-state index in [0.717, 1.165) is 16.8 Å². The number of carboxylic acids is 1. The van der Waals surface area contributed by atoms with Crippen LogP contribution in [0.1, 0.15) is 42.5 Å². The molecule has 0 saturated carbocycles. The van der Waals surface area contributed by atoms with E-state index in [1.54, 1.807) is 18.2 Å². The third kappa shape index (κ3) is 4.59. The number of carbonyl (C=O) groups is 2. The summed E-state index contributed by atoms with van der Waals surface area (Å²) in [6, 6.07) is 7.64. The second kappa shape index (κ2) is 9.15. The third-order valence-corrected chi connectivity index (χ3v) is 6.08. The lowest BCUT2D eigenvalue weighted by Crippen LogP contribution is -2.19. The molecule has 0 aliphatic rings. The van der Waals surface area contributed by atoms with Crippen molar-refractivity contribution in [3.63, 3.8) is 0 Å². The zero-order chi connectivity index (χ0) is 25.7. The Morgan fingerprint density at radius 1 is 1.14 bits per heavy atom. The van der Waals surface area contributed by atoms with E-state index in [4.69, 9.17) is 44.4 Å². The molecule has 4 rings (SSSR count). The number of hydrogen-bond acceptors (Lipinski definition) is 4. The molecule has 2 heterocycles. The van der Waals surface area contributed by atoms with Crippen molar-refractivity contribution >= 4 is 63.7 Å². The highest BCUT2D eigenvalue weighted by Crippen LogP contribution is 2.42. The van der Waals surface area contributed by atoms with E-state index in [1.807, 2.05) is 20.8 Å². The summed E-state index contributed by atoms with van der Waals surface area (Å²) in [5.74, 6) is -2.25. The molecule has 0 aliphatic heterocycles. The lowest BCUT2D eigenvalue weighted by Gasteiger charge is -2.16. The normalized spacial score (nSPS) is 12.1. The van der Waals surface area contributed by atoms with Gasteiger partial charge >= 0.3 is 5.97 Å². The van der Waals surface area contributed by atoms with Crippen molar-refractivity contribution in [3.05, 3.63) is 80.4 Å². The largest absolute Gasteiger partial charge is 0.478 e. The first-order valence-corrected chi connectivity index (χ1v) is 11.4. The van der Waals surface area contributed by atoms with Gasteiger partial charge in [0, 0.05) is 33.7 Å². The number of benzene rings is 2. The Labute approximate surface area is 214 Å². The van der Waals surface area contributed by atoms with Gasteiger partial charge in [-0.05, 0) is 29.8 Å². The number of fused-ring (bicyclic) bond motifs is 1. The van der Waals surface area contributed by atoms with Crippen molar-refractivity contribution < 1.29 is 23.6 Å². The summed E-state index contributed by atoms with van der Waals surface area (Å²) < 4.78 is 21.8. The predicted octanol–water partition coefficient (Wildman–Crippen LogP) is 7.48. The van der Waals surface area contributed by atoms with Crippen LogP contribution in [0.25, 0.3) is 28.2 Å². The molecule has 0 atom stereocenters. The van der Waals surface area contributed by atoms with Crippen molar-refractivity contribution in [1.29, 1.82) is 0 Å². The van der Waals surface area contributed by atoms with Gasteiger partial charge in [-0.3, -0.25) is 9.36 Å². The Morgan fingerprint density at radius 2 is 1.80 bits per heavy atom. The highest BCUT2D eigenvalue weighted by Gasteiger charge is 2.34. The number of halogens is 4. The Kier molecular flexibility index (Phi) is 6.53. The van der Waals surface area contributed by atoms with Crippen LogP contribution < -0.4 is 0 Å². The van der Waals surface area contributed by atoms with Crippen LogP contribution >= 0.6 is 34.8 Å². The van der Waals surface area contributed by atoms with Gasteiger partial charge in [0.05, 0.1) is 15.6 Å². The predicted molar refractivity (Wildman–Crippen MR) is 134 cm³/mol. The molecule has 0 bridgehead atoms. The van der Waals surface area contributed by atoms with Crippen LogP contribution in [0.3, 0.4) is 0 Å². The molecule has 1 N–H and O–H groups in total. The molecule has 0 unspecified atom stereocenters. The molecule has 180 valence electrons. The maximum atomic E-state index is 15.1. The highest BCUT2D eigenvalue weighted by molar-refractivity contribution is 6.42. The van der Waals surface area contributed by atoms with Gasteiger partial charge in [0.15, 0.2) is 5.76 Å². The molecule has 0 radical (unpaired) electrons.